The average Bonchev–Trinajstić information content (AvgIpc) is 3.33. The van der Waals surface area contributed by atoms with Crippen molar-refractivity contribution in [2.45, 2.75) is 31.1 Å². The second-order valence-electron chi connectivity index (χ2n) is 8.84. The summed E-state index contributed by atoms with van der Waals surface area (Å²) in [6, 6.07) is 9.76. The number of hydrogen-bond donors (Lipinski definition) is 0. The number of methoxy groups -OCH3 is 2. The first kappa shape index (κ1) is 28.7. The molecule has 0 N–H and O–H groups in total. The monoisotopic (exact) mass is 597 g/mol. The van der Waals surface area contributed by atoms with Crippen LogP contribution in [0.25, 0.3) is 16.2 Å². The molecule has 3 aromatic rings. The molecule has 0 spiro atoms. The fourth-order valence-electron chi connectivity index (χ4n) is 4.36. The molecule has 206 valence electrons. The Bertz CT molecular complexity index is 1590. The summed E-state index contributed by atoms with van der Waals surface area (Å²) in [6.45, 7) is 2.27. The Kier molecular flexibility index (Phi) is 8.65. The van der Waals surface area contributed by atoms with Gasteiger partial charge in [-0.1, -0.05) is 29.5 Å². The van der Waals surface area contributed by atoms with Gasteiger partial charge in [0, 0.05) is 44.7 Å². The summed E-state index contributed by atoms with van der Waals surface area (Å²) in [5.41, 5.74) is 2.83. The third-order valence-corrected chi connectivity index (χ3v) is 9.90. The van der Waals surface area contributed by atoms with Crippen molar-refractivity contribution in [1.29, 1.82) is 0 Å². The average molecular weight is 598 g/mol. The highest BCUT2D eigenvalue weighted by atomic mass is 32.2. The van der Waals surface area contributed by atoms with Crippen LogP contribution < -0.4 is 14.4 Å². The predicted molar refractivity (Wildman–Crippen MR) is 149 cm³/mol. The first-order valence-corrected chi connectivity index (χ1v) is 16.5. The van der Waals surface area contributed by atoms with Crippen molar-refractivity contribution < 1.29 is 35.4 Å². The Balaban J connectivity index is 1.77. The van der Waals surface area contributed by atoms with Crippen molar-refractivity contribution in [3.8, 4) is 11.5 Å². The second kappa shape index (κ2) is 11.4. The molecule has 0 bridgehead atoms. The van der Waals surface area contributed by atoms with Crippen LogP contribution in [0.2, 0.25) is 0 Å². The molecular weight excluding hydrogens is 571 g/mol. The Morgan fingerprint density at radius 1 is 0.947 bits per heavy atom. The van der Waals surface area contributed by atoms with Crippen molar-refractivity contribution in [2.24, 2.45) is 0 Å². The number of anilines is 1. The van der Waals surface area contributed by atoms with E-state index >= 15 is 0 Å². The van der Waals surface area contributed by atoms with Gasteiger partial charge >= 0.3 is 0 Å². The van der Waals surface area contributed by atoms with E-state index in [1.165, 1.54) is 18.9 Å². The lowest BCUT2D eigenvalue weighted by Gasteiger charge is -2.22. The molecule has 0 radical (unpaired) electrons. The largest absolute Gasteiger partial charge is 0.748 e. The summed E-state index contributed by atoms with van der Waals surface area (Å²) in [7, 11) is -5.61. The van der Waals surface area contributed by atoms with Crippen LogP contribution in [0.3, 0.4) is 0 Å². The third-order valence-electron chi connectivity index (χ3n) is 6.07. The molecule has 0 saturated heterocycles. The normalized spacial score (nSPS) is 14.9. The van der Waals surface area contributed by atoms with Crippen LogP contribution in [0, 0.1) is 6.92 Å². The van der Waals surface area contributed by atoms with E-state index in [0.29, 0.717) is 17.9 Å². The fourth-order valence-corrected chi connectivity index (χ4v) is 7.73. The van der Waals surface area contributed by atoms with Crippen LogP contribution in [-0.2, 0) is 26.7 Å². The topological polar surface area (TPSA) is 136 Å². The van der Waals surface area contributed by atoms with E-state index in [9.17, 15) is 25.9 Å². The minimum Gasteiger partial charge on any atom is -0.748 e. The molecule has 1 aromatic heterocycles. The number of nitrogens with zero attached hydrogens (tertiary/aromatic N) is 1. The minimum absolute atomic E-state index is 0.136. The van der Waals surface area contributed by atoms with E-state index in [2.05, 4.69) is 6.07 Å². The first-order valence-electron chi connectivity index (χ1n) is 11.7. The summed E-state index contributed by atoms with van der Waals surface area (Å²) in [6.07, 6.45) is 2.75. The smallest absolute Gasteiger partial charge is 0.162 e. The quantitative estimate of drug-likeness (QED) is 0.290. The van der Waals surface area contributed by atoms with Gasteiger partial charge in [-0.2, -0.15) is 0 Å². The maximum Gasteiger partial charge on any atom is 0.162 e. The lowest BCUT2D eigenvalue weighted by Crippen LogP contribution is -2.21. The SMILES string of the molecule is COc1cc2c(cc1OC)N(CCCS(=O)(=O)[O-])/C(=C/c1sc3ccc(C)cc3c1CCCS(=O)(=O)[O-])S2. The fraction of sp³-hybridized carbons (Fsp3) is 0.360. The Morgan fingerprint density at radius 3 is 2.26 bits per heavy atom. The van der Waals surface area contributed by atoms with Crippen molar-refractivity contribution >= 4 is 65.2 Å². The third kappa shape index (κ3) is 6.82. The highest BCUT2D eigenvalue weighted by Crippen LogP contribution is 2.51. The van der Waals surface area contributed by atoms with Crippen LogP contribution in [0.1, 0.15) is 28.8 Å². The van der Waals surface area contributed by atoms with Gasteiger partial charge in [-0.05, 0) is 49.3 Å². The van der Waals surface area contributed by atoms with E-state index in [-0.39, 0.29) is 19.4 Å². The number of thioether (sulfide) groups is 1. The highest BCUT2D eigenvalue weighted by molar-refractivity contribution is 8.04. The van der Waals surface area contributed by atoms with Crippen molar-refractivity contribution in [2.75, 3.05) is 37.2 Å². The molecule has 0 aliphatic carbocycles. The molecule has 1 aliphatic heterocycles. The standard InChI is InChI=1S/C25H29NO8S4/c1-16-7-8-22-18(12-16)17(6-4-10-37(27,28)29)23(35-22)15-25-26(9-5-11-38(30,31)32)19-13-20(33-2)21(34-3)14-24(19)36-25/h7-8,12-15H,4-6,9-11H2,1-3H3,(H,27,28,29)(H,30,31,32)/p-2/b25-15-. The number of ether oxygens (including phenoxy) is 2. The Morgan fingerprint density at radius 2 is 1.61 bits per heavy atom. The number of aryl methyl sites for hydroxylation is 2. The molecule has 9 nitrogen and oxygen atoms in total. The summed E-state index contributed by atoms with van der Waals surface area (Å²) >= 11 is 3.04. The Hall–Kier alpha value is -2.29. The van der Waals surface area contributed by atoms with Crippen LogP contribution >= 0.6 is 23.1 Å². The van der Waals surface area contributed by atoms with E-state index in [4.69, 9.17) is 9.47 Å². The van der Waals surface area contributed by atoms with Crippen molar-refractivity contribution in [3.05, 3.63) is 51.4 Å². The van der Waals surface area contributed by atoms with Crippen LogP contribution in [0.4, 0.5) is 5.69 Å². The maximum atomic E-state index is 11.3. The number of rotatable bonds is 11. The van der Waals surface area contributed by atoms with Gasteiger partial charge in [0.2, 0.25) is 0 Å². The number of benzene rings is 2. The molecule has 38 heavy (non-hydrogen) atoms. The highest BCUT2D eigenvalue weighted by Gasteiger charge is 2.28. The van der Waals surface area contributed by atoms with E-state index < -0.39 is 31.7 Å². The number of hydrogen-bond acceptors (Lipinski definition) is 11. The molecule has 0 fully saturated rings. The molecule has 0 unspecified atom stereocenters. The molecule has 13 heteroatoms. The predicted octanol–water partition coefficient (Wildman–Crippen LogP) is 4.55. The van der Waals surface area contributed by atoms with Crippen LogP contribution in [0.15, 0.2) is 40.3 Å². The van der Waals surface area contributed by atoms with Gasteiger partial charge < -0.3 is 23.5 Å². The van der Waals surface area contributed by atoms with Crippen molar-refractivity contribution in [3.63, 3.8) is 0 Å². The maximum absolute atomic E-state index is 11.3. The molecule has 0 amide bonds. The van der Waals surface area contributed by atoms with Gasteiger partial charge in [0.05, 0.1) is 45.2 Å². The lowest BCUT2D eigenvalue weighted by molar-refractivity contribution is 0.354. The molecule has 2 heterocycles. The van der Waals surface area contributed by atoms with Crippen molar-refractivity contribution in [1.82, 2.24) is 0 Å². The molecule has 0 atom stereocenters. The summed E-state index contributed by atoms with van der Waals surface area (Å²) < 4.78 is 79.4. The number of fused-ring (bicyclic) bond motifs is 2. The molecule has 1 aliphatic rings. The van der Waals surface area contributed by atoms with E-state index in [1.54, 1.807) is 18.4 Å². The molecular formula is C25H27NO8S4-2. The van der Waals surface area contributed by atoms with Gasteiger partial charge in [-0.3, -0.25) is 0 Å². The van der Waals surface area contributed by atoms with E-state index in [0.717, 1.165) is 41.7 Å². The van der Waals surface area contributed by atoms with Crippen LogP contribution in [0.5, 0.6) is 11.5 Å². The number of thiophene rings is 1. The zero-order chi connectivity index (χ0) is 27.7. The second-order valence-corrected chi connectivity index (χ2v) is 14.0. The Labute approximate surface area is 230 Å². The van der Waals surface area contributed by atoms with Crippen LogP contribution in [-0.4, -0.2) is 58.2 Å². The summed E-state index contributed by atoms with van der Waals surface area (Å²) in [4.78, 5) is 3.76. The zero-order valence-electron chi connectivity index (χ0n) is 21.1. The van der Waals surface area contributed by atoms with Gasteiger partial charge in [-0.25, -0.2) is 16.8 Å². The molecule has 0 saturated carbocycles. The zero-order valence-corrected chi connectivity index (χ0v) is 24.3. The summed E-state index contributed by atoms with van der Waals surface area (Å²) in [5.74, 6) is 0.147. The lowest BCUT2D eigenvalue weighted by atomic mass is 10.0. The molecule has 2 aromatic carbocycles. The first-order chi connectivity index (χ1) is 17.9. The van der Waals surface area contributed by atoms with Gasteiger partial charge in [0.1, 0.15) is 0 Å². The van der Waals surface area contributed by atoms with Gasteiger partial charge in [0.15, 0.2) is 11.5 Å². The van der Waals surface area contributed by atoms with E-state index in [1.807, 2.05) is 42.2 Å². The molecule has 4 rings (SSSR count). The minimum atomic E-state index is -4.36. The van der Waals surface area contributed by atoms with Gasteiger partial charge in [0.25, 0.3) is 0 Å². The summed E-state index contributed by atoms with van der Waals surface area (Å²) in [5, 5.41) is 1.83. The van der Waals surface area contributed by atoms with Gasteiger partial charge in [-0.15, -0.1) is 11.3 Å².